The molecule has 4 nitrogen and oxygen atoms in total. The predicted molar refractivity (Wildman–Crippen MR) is 95.2 cm³/mol. The van der Waals surface area contributed by atoms with Crippen LogP contribution in [0.3, 0.4) is 0 Å². The van der Waals surface area contributed by atoms with E-state index in [4.69, 9.17) is 8.22 Å². The molecule has 0 aromatic heterocycles. The molecule has 0 unspecified atom stereocenters. The Morgan fingerprint density at radius 2 is 1.96 bits per heavy atom. The molecular formula is C19H25NO3S. The molecule has 0 radical (unpaired) electrons. The Morgan fingerprint density at radius 1 is 1.33 bits per heavy atom. The average molecular weight is 354 g/mol. The molecule has 0 spiro atoms. The highest BCUT2D eigenvalue weighted by Gasteiger charge is 2.42. The second-order valence-corrected chi connectivity index (χ2v) is 8.47. The largest absolute Gasteiger partial charge is 0.300 e. The maximum absolute atomic E-state index is 13.2. The summed E-state index contributed by atoms with van der Waals surface area (Å²) in [5.74, 6) is 0.0488. The van der Waals surface area contributed by atoms with Gasteiger partial charge in [0, 0.05) is 34.2 Å². The number of sulfonamides is 1. The minimum atomic E-state index is -3.95. The van der Waals surface area contributed by atoms with Gasteiger partial charge in [-0.05, 0) is 49.8 Å². The van der Waals surface area contributed by atoms with E-state index in [0.717, 1.165) is 15.9 Å². The van der Waals surface area contributed by atoms with Crippen LogP contribution in [0.1, 0.15) is 47.3 Å². The summed E-state index contributed by atoms with van der Waals surface area (Å²) >= 11 is 0. The Kier molecular flexibility index (Phi) is 3.47. The summed E-state index contributed by atoms with van der Waals surface area (Å²) in [6.45, 7) is -2.35. The molecule has 0 bridgehead atoms. The van der Waals surface area contributed by atoms with Crippen molar-refractivity contribution in [2.24, 2.45) is 5.41 Å². The zero-order valence-corrected chi connectivity index (χ0v) is 14.6. The highest BCUT2D eigenvalue weighted by Crippen LogP contribution is 2.39. The van der Waals surface area contributed by atoms with E-state index in [1.54, 1.807) is 12.1 Å². The van der Waals surface area contributed by atoms with E-state index in [1.807, 2.05) is 13.8 Å². The summed E-state index contributed by atoms with van der Waals surface area (Å²) < 4.78 is 71.9. The summed E-state index contributed by atoms with van der Waals surface area (Å²) in [5, 5.41) is 0. The topological polar surface area (TPSA) is 54.5 Å². The van der Waals surface area contributed by atoms with Crippen molar-refractivity contribution in [1.29, 1.82) is 0 Å². The van der Waals surface area contributed by atoms with E-state index in [1.165, 1.54) is 12.1 Å². The minimum Gasteiger partial charge on any atom is -0.300 e. The molecule has 0 atom stereocenters. The number of rotatable bonds is 6. The molecule has 2 rings (SSSR count). The Balaban J connectivity index is 2.42. The Morgan fingerprint density at radius 3 is 2.50 bits per heavy atom. The molecule has 0 saturated heterocycles. The fraction of sp³-hybridized carbons (Fsp3) is 0.474. The monoisotopic (exact) mass is 353 g/mol. The zero-order chi connectivity index (χ0) is 23.0. The molecular weight excluding hydrogens is 322 g/mol. The van der Waals surface area contributed by atoms with Gasteiger partial charge in [-0.25, -0.2) is 8.42 Å². The Hall–Kier alpha value is -1.68. The van der Waals surface area contributed by atoms with Crippen LogP contribution in [0.4, 0.5) is 0 Å². The van der Waals surface area contributed by atoms with E-state index >= 15 is 0 Å². The second kappa shape index (κ2) is 7.06. The normalized spacial score (nSPS) is 21.2. The van der Waals surface area contributed by atoms with Crippen LogP contribution in [0.5, 0.6) is 0 Å². The first-order valence-electron chi connectivity index (χ1n) is 10.6. The van der Waals surface area contributed by atoms with Crippen LogP contribution < -0.4 is 0 Å². The predicted octanol–water partition coefficient (Wildman–Crippen LogP) is 3.48. The van der Waals surface area contributed by atoms with Gasteiger partial charge >= 0.3 is 0 Å². The fourth-order valence-electron chi connectivity index (χ4n) is 2.79. The highest BCUT2D eigenvalue weighted by atomic mass is 32.2. The third kappa shape index (κ3) is 4.44. The number of carbonyl (C=O) groups is 1. The van der Waals surface area contributed by atoms with Crippen molar-refractivity contribution >= 4 is 15.8 Å². The molecule has 1 aliphatic carbocycles. The first kappa shape index (κ1) is 11.8. The van der Waals surface area contributed by atoms with Crippen molar-refractivity contribution in [2.75, 3.05) is 13.1 Å². The van der Waals surface area contributed by atoms with Crippen LogP contribution >= 0.6 is 0 Å². The summed E-state index contributed by atoms with van der Waals surface area (Å²) in [7, 11) is -3.95. The molecule has 0 aliphatic heterocycles. The van der Waals surface area contributed by atoms with E-state index in [-0.39, 0.29) is 36.6 Å². The van der Waals surface area contributed by atoms with Crippen LogP contribution in [0.25, 0.3) is 0 Å². The van der Waals surface area contributed by atoms with Gasteiger partial charge in [-0.3, -0.25) is 4.79 Å². The zero-order valence-electron chi connectivity index (χ0n) is 19.8. The molecule has 0 heterocycles. The van der Waals surface area contributed by atoms with Gasteiger partial charge in [0.25, 0.3) is 0 Å². The number of ketones is 1. The number of hydrogen-bond donors (Lipinski definition) is 0. The Labute approximate surface area is 153 Å². The smallest absolute Gasteiger partial charge is 0.243 e. The molecule has 1 aromatic carbocycles. The van der Waals surface area contributed by atoms with Crippen molar-refractivity contribution in [3.05, 3.63) is 47.2 Å². The molecule has 5 heteroatoms. The van der Waals surface area contributed by atoms with Crippen molar-refractivity contribution in [3.8, 4) is 0 Å². The third-order valence-electron chi connectivity index (χ3n) is 4.01. The van der Waals surface area contributed by atoms with E-state index in [9.17, 15) is 13.2 Å². The van der Waals surface area contributed by atoms with Gasteiger partial charge in [-0.1, -0.05) is 24.6 Å². The summed E-state index contributed by atoms with van der Waals surface area (Å²) in [6.07, 6.45) is 1.62. The van der Waals surface area contributed by atoms with Crippen molar-refractivity contribution in [3.63, 3.8) is 0 Å². The van der Waals surface area contributed by atoms with Gasteiger partial charge in [0.15, 0.2) is 0 Å². The first-order valence-corrected chi connectivity index (χ1v) is 9.03. The second-order valence-electron chi connectivity index (χ2n) is 6.54. The maximum atomic E-state index is 13.2. The molecule has 1 aliphatic rings. The average Bonchev–Trinajstić information content (AvgIpc) is 2.54. The standard InChI is InChI=1S/C19H25NO3S/c1-15(2)6-5-11-20(14-19(4)12-17(21)13-19)24(22,23)18-9-7-16(3)8-10-18/h5,7-10H,11-14H2,1-4H3/i1D3,2D3. The summed E-state index contributed by atoms with van der Waals surface area (Å²) in [6, 6.07) is 6.27. The molecule has 0 N–H and O–H groups in total. The number of Topliss-reactive ketones (excluding diaryl/α,β-unsaturated/α-hetero) is 1. The van der Waals surface area contributed by atoms with Gasteiger partial charge in [-0.2, -0.15) is 4.31 Å². The van der Waals surface area contributed by atoms with Crippen LogP contribution in [-0.2, 0) is 14.8 Å². The van der Waals surface area contributed by atoms with Crippen molar-refractivity contribution in [1.82, 2.24) is 4.31 Å². The van der Waals surface area contributed by atoms with Crippen molar-refractivity contribution < 1.29 is 21.4 Å². The lowest BCUT2D eigenvalue weighted by Gasteiger charge is -2.40. The number of aryl methyl sites for hydroxylation is 1. The van der Waals surface area contributed by atoms with Crippen LogP contribution in [-0.4, -0.2) is 31.6 Å². The van der Waals surface area contributed by atoms with Crippen molar-refractivity contribution in [2.45, 2.75) is 45.3 Å². The lowest BCUT2D eigenvalue weighted by Crippen LogP contribution is -2.46. The molecule has 1 fully saturated rings. The molecule has 24 heavy (non-hydrogen) atoms. The number of carbonyl (C=O) groups excluding carboxylic acids is 1. The SMILES string of the molecule is [2H]C([2H])([2H])C(=C=CCN(CC1(C)CC(=O)C1)S(=O)(=O)c1ccc(C)cc1)C([2H])([2H])[2H]. The quantitative estimate of drug-likeness (QED) is 0.736. The fourth-order valence-corrected chi connectivity index (χ4v) is 4.32. The van der Waals surface area contributed by atoms with Gasteiger partial charge in [-0.15, -0.1) is 5.73 Å². The first-order chi connectivity index (χ1) is 13.5. The molecule has 0 amide bonds. The highest BCUT2D eigenvalue weighted by molar-refractivity contribution is 7.89. The maximum Gasteiger partial charge on any atom is 0.243 e. The molecule has 1 aromatic rings. The van der Waals surface area contributed by atoms with Gasteiger partial charge in [0.2, 0.25) is 10.0 Å². The van der Waals surface area contributed by atoms with Crippen LogP contribution in [0, 0.1) is 12.3 Å². The summed E-state index contributed by atoms with van der Waals surface area (Å²) in [5.41, 5.74) is 1.80. The van der Waals surface area contributed by atoms with Crippen LogP contribution in [0.15, 0.2) is 46.5 Å². The number of nitrogens with zero attached hydrogens (tertiary/aromatic N) is 1. The third-order valence-corrected chi connectivity index (χ3v) is 5.83. The van der Waals surface area contributed by atoms with E-state index in [2.05, 4.69) is 5.73 Å². The van der Waals surface area contributed by atoms with E-state index < -0.39 is 34.7 Å². The van der Waals surface area contributed by atoms with Gasteiger partial charge in [0.1, 0.15) is 5.78 Å². The molecule has 130 valence electrons. The molecule has 1 saturated carbocycles. The van der Waals surface area contributed by atoms with E-state index in [0.29, 0.717) is 0 Å². The number of hydrogen-bond acceptors (Lipinski definition) is 3. The van der Waals surface area contributed by atoms with Crippen LogP contribution in [0.2, 0.25) is 0 Å². The van der Waals surface area contributed by atoms with Gasteiger partial charge in [0.05, 0.1) is 4.90 Å². The number of benzene rings is 1. The Bertz CT molecular complexity index is 947. The summed E-state index contributed by atoms with van der Waals surface area (Å²) in [4.78, 5) is 11.5. The van der Waals surface area contributed by atoms with Gasteiger partial charge < -0.3 is 0 Å². The lowest BCUT2D eigenvalue weighted by molar-refractivity contribution is -0.132. The lowest BCUT2D eigenvalue weighted by atomic mass is 9.69. The minimum absolute atomic E-state index is 0.0456.